The van der Waals surface area contributed by atoms with Gasteiger partial charge in [0.25, 0.3) is 0 Å². The van der Waals surface area contributed by atoms with Crippen molar-refractivity contribution in [3.8, 4) is 0 Å². The minimum atomic E-state index is 0.908. The minimum absolute atomic E-state index is 0.908. The van der Waals surface area contributed by atoms with Gasteiger partial charge in [0, 0.05) is 0 Å². The summed E-state index contributed by atoms with van der Waals surface area (Å²) in [5, 5.41) is 0. The normalized spacial score (nSPS) is 64.9. The molecule has 0 heteroatoms. The second kappa shape index (κ2) is 1.67. The van der Waals surface area contributed by atoms with Gasteiger partial charge in [-0.2, -0.15) is 0 Å². The monoisotopic (exact) mass is 150 g/mol. The summed E-state index contributed by atoms with van der Waals surface area (Å²) in [6, 6.07) is 0. The van der Waals surface area contributed by atoms with Crippen molar-refractivity contribution in [3.63, 3.8) is 0 Å². The molecule has 0 aromatic heterocycles. The largest absolute Gasteiger partial charge is 0.0651 e. The molecule has 0 nitrogen and oxygen atoms in total. The number of fused-ring (bicyclic) bond motifs is 1. The lowest BCUT2D eigenvalue weighted by molar-refractivity contribution is -0.191. The SMILES string of the molecule is CCC1C(C)C23CCC(C2)C13. The molecule has 11 heavy (non-hydrogen) atoms. The number of hydrogen-bond donors (Lipinski definition) is 0. The van der Waals surface area contributed by atoms with Crippen LogP contribution in [0.2, 0.25) is 0 Å². The lowest BCUT2D eigenvalue weighted by atomic mass is 9.38. The molecule has 5 atom stereocenters. The minimum Gasteiger partial charge on any atom is -0.0651 e. The lowest BCUT2D eigenvalue weighted by Gasteiger charge is -2.67. The standard InChI is InChI=1S/C11H18/c1-3-9-7(2)11-5-4-8(6-11)10(9)11/h7-10H,3-6H2,1-2H3. The molecular formula is C11H18. The average molecular weight is 150 g/mol. The van der Waals surface area contributed by atoms with Gasteiger partial charge in [-0.15, -0.1) is 0 Å². The quantitative estimate of drug-likeness (QED) is 0.539. The van der Waals surface area contributed by atoms with Crippen LogP contribution in [0.3, 0.4) is 0 Å². The van der Waals surface area contributed by atoms with E-state index >= 15 is 0 Å². The zero-order valence-corrected chi connectivity index (χ0v) is 7.64. The van der Waals surface area contributed by atoms with Crippen LogP contribution in [0.15, 0.2) is 0 Å². The Balaban J connectivity index is 1.89. The first-order valence-electron chi connectivity index (χ1n) is 5.29. The van der Waals surface area contributed by atoms with E-state index in [0.717, 1.165) is 17.3 Å². The molecular weight excluding hydrogens is 132 g/mol. The van der Waals surface area contributed by atoms with Crippen molar-refractivity contribution >= 4 is 0 Å². The Kier molecular flexibility index (Phi) is 0.990. The summed E-state index contributed by atoms with van der Waals surface area (Å²) in [7, 11) is 0. The van der Waals surface area contributed by atoms with Crippen LogP contribution in [0.25, 0.3) is 0 Å². The fraction of sp³-hybridized carbons (Fsp3) is 1.00. The predicted octanol–water partition coefficient (Wildman–Crippen LogP) is 3.08. The second-order valence-electron chi connectivity index (χ2n) is 5.12. The third-order valence-electron chi connectivity index (χ3n) is 5.28. The molecule has 0 aromatic rings. The van der Waals surface area contributed by atoms with E-state index in [1.54, 1.807) is 19.3 Å². The van der Waals surface area contributed by atoms with Crippen LogP contribution in [0.4, 0.5) is 0 Å². The molecule has 0 aromatic carbocycles. The van der Waals surface area contributed by atoms with Crippen molar-refractivity contribution < 1.29 is 0 Å². The number of hydrogen-bond acceptors (Lipinski definition) is 0. The van der Waals surface area contributed by atoms with Crippen LogP contribution < -0.4 is 0 Å². The van der Waals surface area contributed by atoms with Crippen LogP contribution in [0, 0.1) is 29.1 Å². The summed E-state index contributed by atoms with van der Waals surface area (Å²) in [5.41, 5.74) is 0.908. The Bertz CT molecular complexity index is 192. The smallest absolute Gasteiger partial charge is 0.0233 e. The summed E-state index contributed by atoms with van der Waals surface area (Å²) in [6.45, 7) is 4.89. The van der Waals surface area contributed by atoms with Crippen molar-refractivity contribution in [1.82, 2.24) is 0 Å². The van der Waals surface area contributed by atoms with Crippen LogP contribution >= 0.6 is 0 Å². The van der Waals surface area contributed by atoms with Crippen molar-refractivity contribution in [2.24, 2.45) is 29.1 Å². The Hall–Kier alpha value is 0. The zero-order valence-electron chi connectivity index (χ0n) is 7.64. The van der Waals surface area contributed by atoms with Crippen LogP contribution in [-0.2, 0) is 0 Å². The fourth-order valence-corrected chi connectivity index (χ4v) is 4.78. The first-order valence-corrected chi connectivity index (χ1v) is 5.29. The summed E-state index contributed by atoms with van der Waals surface area (Å²) in [6.07, 6.45) is 6.21. The second-order valence-corrected chi connectivity index (χ2v) is 5.12. The topological polar surface area (TPSA) is 0 Å². The van der Waals surface area contributed by atoms with Crippen molar-refractivity contribution in [1.29, 1.82) is 0 Å². The van der Waals surface area contributed by atoms with E-state index in [2.05, 4.69) is 13.8 Å². The van der Waals surface area contributed by atoms with E-state index in [4.69, 9.17) is 0 Å². The molecule has 0 saturated heterocycles. The fourth-order valence-electron chi connectivity index (χ4n) is 4.78. The van der Waals surface area contributed by atoms with Gasteiger partial charge < -0.3 is 0 Å². The molecule has 0 radical (unpaired) electrons. The third kappa shape index (κ3) is 0.467. The Labute approximate surface area is 69.4 Å². The molecule has 4 rings (SSSR count). The Morgan fingerprint density at radius 3 is 2.91 bits per heavy atom. The maximum absolute atomic E-state index is 2.51. The van der Waals surface area contributed by atoms with Crippen LogP contribution in [-0.4, -0.2) is 0 Å². The molecule has 62 valence electrons. The summed E-state index contributed by atoms with van der Waals surface area (Å²) in [5.74, 6) is 4.58. The number of rotatable bonds is 1. The van der Waals surface area contributed by atoms with Gasteiger partial charge in [0.2, 0.25) is 0 Å². The van der Waals surface area contributed by atoms with Gasteiger partial charge in [-0.25, -0.2) is 0 Å². The molecule has 0 N–H and O–H groups in total. The van der Waals surface area contributed by atoms with Crippen molar-refractivity contribution in [3.05, 3.63) is 0 Å². The van der Waals surface area contributed by atoms with Gasteiger partial charge in [0.05, 0.1) is 0 Å². The molecule has 4 saturated carbocycles. The molecule has 4 aliphatic rings. The van der Waals surface area contributed by atoms with Gasteiger partial charge >= 0.3 is 0 Å². The van der Waals surface area contributed by atoms with E-state index in [9.17, 15) is 0 Å². The highest BCUT2D eigenvalue weighted by molar-refractivity contribution is 5.20. The highest BCUT2D eigenvalue weighted by Crippen LogP contribution is 2.78. The molecule has 0 heterocycles. The van der Waals surface area contributed by atoms with Crippen LogP contribution in [0.5, 0.6) is 0 Å². The van der Waals surface area contributed by atoms with E-state index in [1.807, 2.05) is 0 Å². The molecule has 4 aliphatic carbocycles. The molecule has 0 aliphatic heterocycles. The highest BCUT2D eigenvalue weighted by Gasteiger charge is 2.71. The van der Waals surface area contributed by atoms with E-state index < -0.39 is 0 Å². The van der Waals surface area contributed by atoms with Gasteiger partial charge in [-0.1, -0.05) is 20.3 Å². The molecule has 4 fully saturated rings. The van der Waals surface area contributed by atoms with Gasteiger partial charge in [-0.05, 0) is 48.3 Å². The summed E-state index contributed by atoms with van der Waals surface area (Å²) >= 11 is 0. The van der Waals surface area contributed by atoms with Gasteiger partial charge in [0.15, 0.2) is 0 Å². The zero-order chi connectivity index (χ0) is 7.64. The first-order chi connectivity index (χ1) is 5.29. The van der Waals surface area contributed by atoms with Crippen LogP contribution in [0.1, 0.15) is 39.5 Å². The Morgan fingerprint density at radius 2 is 2.27 bits per heavy atom. The maximum atomic E-state index is 2.51. The summed E-state index contributed by atoms with van der Waals surface area (Å²) in [4.78, 5) is 0. The van der Waals surface area contributed by atoms with Gasteiger partial charge in [-0.3, -0.25) is 0 Å². The van der Waals surface area contributed by atoms with Crippen molar-refractivity contribution in [2.75, 3.05) is 0 Å². The third-order valence-corrected chi connectivity index (χ3v) is 5.28. The highest BCUT2D eigenvalue weighted by atomic mass is 14.8. The summed E-state index contributed by atoms with van der Waals surface area (Å²) < 4.78 is 0. The first kappa shape index (κ1) is 6.51. The lowest BCUT2D eigenvalue weighted by Crippen LogP contribution is -2.61. The average Bonchev–Trinajstić information content (AvgIpc) is 2.54. The Morgan fingerprint density at radius 1 is 1.45 bits per heavy atom. The predicted molar refractivity (Wildman–Crippen MR) is 46.2 cm³/mol. The molecule has 0 amide bonds. The van der Waals surface area contributed by atoms with E-state index in [1.165, 1.54) is 18.3 Å². The van der Waals surface area contributed by atoms with Crippen molar-refractivity contribution in [2.45, 2.75) is 39.5 Å². The van der Waals surface area contributed by atoms with E-state index in [-0.39, 0.29) is 0 Å². The molecule has 5 unspecified atom stereocenters. The maximum Gasteiger partial charge on any atom is -0.0233 e. The van der Waals surface area contributed by atoms with E-state index in [0.29, 0.717) is 0 Å². The van der Waals surface area contributed by atoms with Gasteiger partial charge in [0.1, 0.15) is 0 Å². The molecule has 2 bridgehead atoms. The molecule has 1 spiro atoms.